The van der Waals surface area contributed by atoms with Crippen LogP contribution in [0.25, 0.3) is 0 Å². The second-order valence-corrected chi connectivity index (χ2v) is 5.40. The molecule has 1 aromatic carbocycles. The zero-order chi connectivity index (χ0) is 14.7. The zero-order valence-corrected chi connectivity index (χ0v) is 11.8. The third-order valence-corrected chi connectivity index (χ3v) is 3.40. The molecule has 0 saturated heterocycles. The molecule has 1 unspecified atom stereocenters. The fraction of sp³-hybridized carbons (Fsp3) is 0.467. The molecule has 20 heavy (non-hydrogen) atoms. The molecule has 0 spiro atoms. The number of carbonyl (C=O) groups is 2. The van der Waals surface area contributed by atoms with Gasteiger partial charge in [0.05, 0.1) is 12.1 Å². The molecule has 1 aliphatic rings. The van der Waals surface area contributed by atoms with Crippen LogP contribution in [-0.2, 0) is 9.59 Å². The fourth-order valence-electron chi connectivity index (χ4n) is 1.87. The monoisotopic (exact) mass is 275 g/mol. The van der Waals surface area contributed by atoms with E-state index in [2.05, 4.69) is 10.6 Å². The van der Waals surface area contributed by atoms with Crippen molar-refractivity contribution in [3.8, 4) is 0 Å². The molecule has 1 fully saturated rings. The highest BCUT2D eigenvalue weighted by Gasteiger charge is 2.29. The molecule has 2 rings (SSSR count). The second kappa shape index (κ2) is 6.05. The van der Waals surface area contributed by atoms with Gasteiger partial charge in [0.1, 0.15) is 0 Å². The predicted molar refractivity (Wildman–Crippen MR) is 78.0 cm³/mol. The lowest BCUT2D eigenvalue weighted by Crippen LogP contribution is -2.39. The van der Waals surface area contributed by atoms with Crippen LogP contribution in [0.15, 0.2) is 24.3 Å². The Kier molecular flexibility index (Phi) is 4.39. The van der Waals surface area contributed by atoms with E-state index in [4.69, 9.17) is 5.73 Å². The van der Waals surface area contributed by atoms with Gasteiger partial charge in [-0.15, -0.1) is 0 Å². The van der Waals surface area contributed by atoms with E-state index in [1.807, 2.05) is 31.2 Å². The van der Waals surface area contributed by atoms with Crippen molar-refractivity contribution < 1.29 is 9.59 Å². The van der Waals surface area contributed by atoms with E-state index in [0.29, 0.717) is 0 Å². The highest BCUT2D eigenvalue weighted by Crippen LogP contribution is 2.30. The SMILES string of the molecule is CC(NC(=O)[C@@H](C)N)c1ccc(NC(=O)C2CC2)cc1. The van der Waals surface area contributed by atoms with E-state index in [1.165, 1.54) is 0 Å². The minimum atomic E-state index is -0.519. The van der Waals surface area contributed by atoms with Crippen LogP contribution in [0.2, 0.25) is 0 Å². The normalized spacial score (nSPS) is 17.1. The summed E-state index contributed by atoms with van der Waals surface area (Å²) in [5.41, 5.74) is 7.28. The first kappa shape index (κ1) is 14.5. The van der Waals surface area contributed by atoms with Gasteiger partial charge in [-0.3, -0.25) is 9.59 Å². The summed E-state index contributed by atoms with van der Waals surface area (Å²) < 4.78 is 0. The number of hydrogen-bond donors (Lipinski definition) is 3. The predicted octanol–water partition coefficient (Wildman–Crippen LogP) is 1.56. The van der Waals surface area contributed by atoms with Gasteiger partial charge in [0.25, 0.3) is 0 Å². The first-order valence-electron chi connectivity index (χ1n) is 6.94. The van der Waals surface area contributed by atoms with Crippen LogP contribution in [0, 0.1) is 5.92 Å². The van der Waals surface area contributed by atoms with E-state index in [-0.39, 0.29) is 23.8 Å². The number of anilines is 1. The minimum Gasteiger partial charge on any atom is -0.348 e. The molecule has 1 aromatic rings. The highest BCUT2D eigenvalue weighted by atomic mass is 16.2. The van der Waals surface area contributed by atoms with Gasteiger partial charge in [-0.05, 0) is 44.4 Å². The number of amides is 2. The van der Waals surface area contributed by atoms with Gasteiger partial charge in [0.15, 0.2) is 0 Å². The molecular weight excluding hydrogens is 254 g/mol. The standard InChI is InChI=1S/C15H21N3O2/c1-9(16)14(19)17-10(2)11-5-7-13(8-6-11)18-15(20)12-3-4-12/h5-10,12H,3-4,16H2,1-2H3,(H,17,19)(H,18,20)/t9-,10?/m1/s1. The highest BCUT2D eigenvalue weighted by molar-refractivity contribution is 5.94. The minimum absolute atomic E-state index is 0.0936. The van der Waals surface area contributed by atoms with Gasteiger partial charge in [-0.2, -0.15) is 0 Å². The first-order valence-corrected chi connectivity index (χ1v) is 6.94. The Morgan fingerprint density at radius 3 is 2.30 bits per heavy atom. The maximum absolute atomic E-state index is 11.6. The number of nitrogens with two attached hydrogens (primary N) is 1. The van der Waals surface area contributed by atoms with Crippen LogP contribution in [0.1, 0.15) is 38.3 Å². The fourth-order valence-corrected chi connectivity index (χ4v) is 1.87. The van der Waals surface area contributed by atoms with Crippen LogP contribution in [0.5, 0.6) is 0 Å². The van der Waals surface area contributed by atoms with E-state index >= 15 is 0 Å². The maximum atomic E-state index is 11.6. The van der Waals surface area contributed by atoms with Crippen LogP contribution in [0.4, 0.5) is 5.69 Å². The lowest BCUT2D eigenvalue weighted by atomic mass is 10.1. The third kappa shape index (κ3) is 3.81. The molecule has 0 bridgehead atoms. The van der Waals surface area contributed by atoms with E-state index in [9.17, 15) is 9.59 Å². The summed E-state index contributed by atoms with van der Waals surface area (Å²) in [7, 11) is 0. The average molecular weight is 275 g/mol. The number of nitrogens with one attached hydrogen (secondary N) is 2. The number of benzene rings is 1. The van der Waals surface area contributed by atoms with Gasteiger partial charge in [0.2, 0.25) is 11.8 Å². The van der Waals surface area contributed by atoms with Crippen molar-refractivity contribution in [3.63, 3.8) is 0 Å². The molecule has 1 saturated carbocycles. The van der Waals surface area contributed by atoms with Crippen molar-refractivity contribution in [2.75, 3.05) is 5.32 Å². The largest absolute Gasteiger partial charge is 0.348 e. The Hall–Kier alpha value is -1.88. The van der Waals surface area contributed by atoms with Gasteiger partial charge in [-0.25, -0.2) is 0 Å². The Morgan fingerprint density at radius 2 is 1.80 bits per heavy atom. The maximum Gasteiger partial charge on any atom is 0.237 e. The summed E-state index contributed by atoms with van der Waals surface area (Å²) in [4.78, 5) is 23.2. The molecule has 108 valence electrons. The quantitative estimate of drug-likeness (QED) is 0.762. The van der Waals surface area contributed by atoms with Gasteiger partial charge in [0, 0.05) is 11.6 Å². The molecule has 5 nitrogen and oxygen atoms in total. The second-order valence-electron chi connectivity index (χ2n) is 5.40. The van der Waals surface area contributed by atoms with E-state index in [1.54, 1.807) is 6.92 Å². The topological polar surface area (TPSA) is 84.2 Å². The number of rotatable bonds is 5. The van der Waals surface area contributed by atoms with Crippen molar-refractivity contribution >= 4 is 17.5 Å². The summed E-state index contributed by atoms with van der Waals surface area (Å²) in [6.45, 7) is 3.55. The van der Waals surface area contributed by atoms with Gasteiger partial charge < -0.3 is 16.4 Å². The molecule has 0 aromatic heterocycles. The van der Waals surface area contributed by atoms with Crippen molar-refractivity contribution in [1.82, 2.24) is 5.32 Å². The summed E-state index contributed by atoms with van der Waals surface area (Å²) >= 11 is 0. The molecule has 0 aliphatic heterocycles. The Labute approximate surface area is 118 Å². The Balaban J connectivity index is 1.93. The number of hydrogen-bond acceptors (Lipinski definition) is 3. The van der Waals surface area contributed by atoms with Crippen LogP contribution in [0.3, 0.4) is 0 Å². The molecule has 5 heteroatoms. The summed E-state index contributed by atoms with van der Waals surface area (Å²) in [6.07, 6.45) is 1.98. The lowest BCUT2D eigenvalue weighted by Gasteiger charge is -2.16. The third-order valence-electron chi connectivity index (χ3n) is 3.40. The van der Waals surface area contributed by atoms with E-state index in [0.717, 1.165) is 24.1 Å². The van der Waals surface area contributed by atoms with Crippen LogP contribution >= 0.6 is 0 Å². The smallest absolute Gasteiger partial charge is 0.237 e. The van der Waals surface area contributed by atoms with Crippen molar-refractivity contribution in [2.24, 2.45) is 11.7 Å². The molecule has 2 amide bonds. The van der Waals surface area contributed by atoms with Crippen LogP contribution in [-0.4, -0.2) is 17.9 Å². The summed E-state index contributed by atoms with van der Waals surface area (Å²) in [5, 5.41) is 5.72. The summed E-state index contributed by atoms with van der Waals surface area (Å²) in [5.74, 6) is 0.110. The average Bonchev–Trinajstić information content (AvgIpc) is 3.23. The van der Waals surface area contributed by atoms with Crippen LogP contribution < -0.4 is 16.4 Å². The van der Waals surface area contributed by atoms with Crippen molar-refractivity contribution in [2.45, 2.75) is 38.8 Å². The molecule has 4 N–H and O–H groups in total. The Bertz CT molecular complexity index is 492. The lowest BCUT2D eigenvalue weighted by molar-refractivity contribution is -0.122. The molecule has 1 aliphatic carbocycles. The van der Waals surface area contributed by atoms with Crippen molar-refractivity contribution in [3.05, 3.63) is 29.8 Å². The molecular formula is C15H21N3O2. The zero-order valence-electron chi connectivity index (χ0n) is 11.8. The molecule has 2 atom stereocenters. The van der Waals surface area contributed by atoms with Gasteiger partial charge in [-0.1, -0.05) is 12.1 Å². The number of carbonyl (C=O) groups excluding carboxylic acids is 2. The Morgan fingerprint density at radius 1 is 1.20 bits per heavy atom. The summed E-state index contributed by atoms with van der Waals surface area (Å²) in [6, 6.07) is 6.87. The van der Waals surface area contributed by atoms with E-state index < -0.39 is 6.04 Å². The van der Waals surface area contributed by atoms with Crippen molar-refractivity contribution in [1.29, 1.82) is 0 Å². The first-order chi connectivity index (χ1) is 9.47. The van der Waals surface area contributed by atoms with Gasteiger partial charge >= 0.3 is 0 Å². The molecule has 0 heterocycles. The molecule has 0 radical (unpaired) electrons.